The summed E-state index contributed by atoms with van der Waals surface area (Å²) in [4.78, 5) is 11.6. The number of ether oxygens (including phenoxy) is 1. The fourth-order valence-electron chi connectivity index (χ4n) is 1.46. The highest BCUT2D eigenvalue weighted by Gasteiger charge is 2.26. The molecule has 0 aliphatic rings. The van der Waals surface area contributed by atoms with E-state index in [9.17, 15) is 9.90 Å². The maximum Gasteiger partial charge on any atom is 0.222 e. The number of hydrogen-bond donors (Lipinski definition) is 2. The van der Waals surface area contributed by atoms with Crippen LogP contribution in [0.1, 0.15) is 46.5 Å². The number of aliphatic hydroxyl groups excluding tert-OH is 1. The molecule has 0 fully saturated rings. The molecule has 0 unspecified atom stereocenters. The van der Waals surface area contributed by atoms with Crippen molar-refractivity contribution in [2.75, 3.05) is 19.8 Å². The van der Waals surface area contributed by atoms with E-state index in [0.29, 0.717) is 19.6 Å². The van der Waals surface area contributed by atoms with Crippen molar-refractivity contribution in [3.8, 4) is 0 Å². The summed E-state index contributed by atoms with van der Waals surface area (Å²) in [7, 11) is 0. The summed E-state index contributed by atoms with van der Waals surface area (Å²) in [5.41, 5.74) is -0.457. The molecule has 0 rings (SSSR count). The average Bonchev–Trinajstić information content (AvgIpc) is 2.32. The fraction of sp³-hybridized carbons (Fsp3) is 0.917. The molecule has 0 saturated heterocycles. The van der Waals surface area contributed by atoms with E-state index >= 15 is 0 Å². The van der Waals surface area contributed by atoms with E-state index in [0.717, 1.165) is 19.3 Å². The Labute approximate surface area is 98.4 Å². The van der Waals surface area contributed by atoms with Gasteiger partial charge in [-0.15, -0.1) is 0 Å². The summed E-state index contributed by atoms with van der Waals surface area (Å²) in [5.74, 6) is -0.0474. The standard InChI is InChI=1S/C12H25NO3/c1-4-8-16-9-7-11(15)13-12(5-2,6-3)10-14/h14H,4-10H2,1-3H3,(H,13,15). The van der Waals surface area contributed by atoms with Crippen LogP contribution >= 0.6 is 0 Å². The Morgan fingerprint density at radius 3 is 2.31 bits per heavy atom. The molecule has 16 heavy (non-hydrogen) atoms. The minimum absolute atomic E-state index is 0.0123. The van der Waals surface area contributed by atoms with Crippen LogP contribution in [0, 0.1) is 0 Å². The Kier molecular flexibility index (Phi) is 8.21. The van der Waals surface area contributed by atoms with Gasteiger partial charge < -0.3 is 15.2 Å². The second-order valence-electron chi connectivity index (χ2n) is 4.06. The first kappa shape index (κ1) is 15.4. The molecule has 4 nitrogen and oxygen atoms in total. The molecule has 0 bridgehead atoms. The molecule has 96 valence electrons. The zero-order valence-electron chi connectivity index (χ0n) is 10.7. The van der Waals surface area contributed by atoms with E-state index < -0.39 is 5.54 Å². The first-order chi connectivity index (χ1) is 7.64. The third-order valence-corrected chi connectivity index (χ3v) is 2.88. The number of amides is 1. The lowest BCUT2D eigenvalue weighted by atomic mass is 9.94. The molecular weight excluding hydrogens is 206 g/mol. The lowest BCUT2D eigenvalue weighted by Crippen LogP contribution is -2.50. The number of carbonyl (C=O) groups is 1. The van der Waals surface area contributed by atoms with E-state index in [2.05, 4.69) is 5.32 Å². The summed E-state index contributed by atoms with van der Waals surface area (Å²) < 4.78 is 5.25. The van der Waals surface area contributed by atoms with Gasteiger partial charge in [0.15, 0.2) is 0 Å². The molecule has 4 heteroatoms. The highest BCUT2D eigenvalue weighted by atomic mass is 16.5. The Morgan fingerprint density at radius 1 is 1.25 bits per heavy atom. The number of rotatable bonds is 9. The summed E-state index contributed by atoms with van der Waals surface area (Å²) in [5, 5.41) is 12.2. The van der Waals surface area contributed by atoms with Crippen molar-refractivity contribution in [3.05, 3.63) is 0 Å². The Balaban J connectivity index is 3.91. The highest BCUT2D eigenvalue weighted by molar-refractivity contribution is 5.76. The molecule has 0 aromatic heterocycles. The minimum Gasteiger partial charge on any atom is -0.394 e. The molecule has 0 aromatic carbocycles. The van der Waals surface area contributed by atoms with Crippen LogP contribution in [0.3, 0.4) is 0 Å². The van der Waals surface area contributed by atoms with Gasteiger partial charge in [0.1, 0.15) is 0 Å². The van der Waals surface area contributed by atoms with Crippen molar-refractivity contribution in [2.45, 2.75) is 52.0 Å². The van der Waals surface area contributed by atoms with E-state index in [-0.39, 0.29) is 12.5 Å². The third-order valence-electron chi connectivity index (χ3n) is 2.88. The molecule has 0 aliphatic heterocycles. The van der Waals surface area contributed by atoms with Gasteiger partial charge >= 0.3 is 0 Å². The highest BCUT2D eigenvalue weighted by Crippen LogP contribution is 2.14. The van der Waals surface area contributed by atoms with Gasteiger partial charge in [0.2, 0.25) is 5.91 Å². The summed E-state index contributed by atoms with van der Waals surface area (Å²) in [6, 6.07) is 0. The molecule has 0 saturated carbocycles. The SMILES string of the molecule is CCCOCCC(=O)NC(CC)(CC)CO. The van der Waals surface area contributed by atoms with Gasteiger partial charge in [0.25, 0.3) is 0 Å². The van der Waals surface area contributed by atoms with Crippen LogP contribution in [0.2, 0.25) is 0 Å². The van der Waals surface area contributed by atoms with Gasteiger partial charge in [-0.05, 0) is 19.3 Å². The average molecular weight is 231 g/mol. The molecule has 0 heterocycles. The van der Waals surface area contributed by atoms with Gasteiger partial charge in [-0.2, -0.15) is 0 Å². The van der Waals surface area contributed by atoms with Crippen LogP contribution in [0.4, 0.5) is 0 Å². The number of aliphatic hydroxyl groups is 1. The van der Waals surface area contributed by atoms with Crippen LogP contribution in [-0.4, -0.2) is 36.4 Å². The zero-order chi connectivity index (χ0) is 12.4. The molecule has 0 radical (unpaired) electrons. The van der Waals surface area contributed by atoms with Crippen molar-refractivity contribution in [3.63, 3.8) is 0 Å². The van der Waals surface area contributed by atoms with E-state index in [1.54, 1.807) is 0 Å². The van der Waals surface area contributed by atoms with Crippen molar-refractivity contribution >= 4 is 5.91 Å². The number of carbonyl (C=O) groups excluding carboxylic acids is 1. The molecule has 0 atom stereocenters. The van der Waals surface area contributed by atoms with Crippen LogP contribution < -0.4 is 5.32 Å². The Hall–Kier alpha value is -0.610. The van der Waals surface area contributed by atoms with Crippen LogP contribution in [0.15, 0.2) is 0 Å². The largest absolute Gasteiger partial charge is 0.394 e. The Morgan fingerprint density at radius 2 is 1.88 bits per heavy atom. The first-order valence-electron chi connectivity index (χ1n) is 6.13. The summed E-state index contributed by atoms with van der Waals surface area (Å²) in [6.07, 6.45) is 2.80. The predicted octanol–water partition coefficient (Wildman–Crippen LogP) is 1.47. The number of hydrogen-bond acceptors (Lipinski definition) is 3. The summed E-state index contributed by atoms with van der Waals surface area (Å²) in [6.45, 7) is 7.10. The molecule has 0 aliphatic carbocycles. The predicted molar refractivity (Wildman–Crippen MR) is 64.3 cm³/mol. The lowest BCUT2D eigenvalue weighted by Gasteiger charge is -2.30. The zero-order valence-corrected chi connectivity index (χ0v) is 10.7. The summed E-state index contributed by atoms with van der Waals surface area (Å²) >= 11 is 0. The molecular formula is C12H25NO3. The molecule has 2 N–H and O–H groups in total. The van der Waals surface area contributed by atoms with Crippen molar-refractivity contribution in [2.24, 2.45) is 0 Å². The fourth-order valence-corrected chi connectivity index (χ4v) is 1.46. The van der Waals surface area contributed by atoms with Gasteiger partial charge in [-0.3, -0.25) is 4.79 Å². The second-order valence-corrected chi connectivity index (χ2v) is 4.06. The second kappa shape index (κ2) is 8.53. The van der Waals surface area contributed by atoms with Crippen molar-refractivity contribution in [1.29, 1.82) is 0 Å². The van der Waals surface area contributed by atoms with Crippen LogP contribution in [-0.2, 0) is 9.53 Å². The van der Waals surface area contributed by atoms with E-state index in [4.69, 9.17) is 4.74 Å². The third kappa shape index (κ3) is 5.47. The lowest BCUT2D eigenvalue weighted by molar-refractivity contribution is -0.124. The maximum atomic E-state index is 11.6. The topological polar surface area (TPSA) is 58.6 Å². The maximum absolute atomic E-state index is 11.6. The quantitative estimate of drug-likeness (QED) is 0.591. The normalized spacial score (nSPS) is 11.5. The van der Waals surface area contributed by atoms with Gasteiger partial charge in [-0.25, -0.2) is 0 Å². The van der Waals surface area contributed by atoms with Crippen LogP contribution in [0.5, 0.6) is 0 Å². The Bertz CT molecular complexity index is 182. The molecule has 1 amide bonds. The monoisotopic (exact) mass is 231 g/mol. The van der Waals surface area contributed by atoms with Gasteiger partial charge in [-0.1, -0.05) is 20.8 Å². The van der Waals surface area contributed by atoms with Crippen LogP contribution in [0.25, 0.3) is 0 Å². The van der Waals surface area contributed by atoms with E-state index in [1.165, 1.54) is 0 Å². The van der Waals surface area contributed by atoms with E-state index in [1.807, 2.05) is 20.8 Å². The molecule has 0 spiro atoms. The molecule has 0 aromatic rings. The van der Waals surface area contributed by atoms with Gasteiger partial charge in [0, 0.05) is 13.0 Å². The minimum atomic E-state index is -0.457. The first-order valence-corrected chi connectivity index (χ1v) is 6.13. The van der Waals surface area contributed by atoms with Crippen molar-refractivity contribution < 1.29 is 14.6 Å². The smallest absolute Gasteiger partial charge is 0.222 e. The van der Waals surface area contributed by atoms with Crippen molar-refractivity contribution in [1.82, 2.24) is 5.32 Å². The number of nitrogens with one attached hydrogen (secondary N) is 1. The van der Waals surface area contributed by atoms with Gasteiger partial charge in [0.05, 0.1) is 18.8 Å².